The molecule has 16 heavy (non-hydrogen) atoms. The van der Waals surface area contributed by atoms with Crippen LogP contribution in [0.25, 0.3) is 5.57 Å². The molecule has 0 bridgehead atoms. The van der Waals surface area contributed by atoms with E-state index in [4.69, 9.17) is 16.3 Å². The van der Waals surface area contributed by atoms with E-state index in [0.29, 0.717) is 10.8 Å². The van der Waals surface area contributed by atoms with Crippen LogP contribution in [0.4, 0.5) is 4.39 Å². The van der Waals surface area contributed by atoms with Crippen LogP contribution >= 0.6 is 11.6 Å². The number of benzene rings is 1. The van der Waals surface area contributed by atoms with E-state index in [1.807, 2.05) is 25.1 Å². The molecule has 1 unspecified atom stereocenters. The Balaban J connectivity index is 2.96. The molecule has 0 aliphatic rings. The number of alkyl halides is 1. The van der Waals surface area contributed by atoms with E-state index in [0.717, 1.165) is 11.1 Å². The number of allylic oxidation sites excluding steroid dienone is 2. The van der Waals surface area contributed by atoms with Crippen LogP contribution in [0.3, 0.4) is 0 Å². The Morgan fingerprint density at radius 2 is 2.25 bits per heavy atom. The standard InChI is InChI=1S/C13H14ClFO/c1-4-13(9(2)16-10(3)15)11-6-5-7-12(14)8-11/h4-8,10H,2H2,1,3H3. The first-order chi connectivity index (χ1) is 7.54. The minimum absolute atomic E-state index is 0.305. The van der Waals surface area contributed by atoms with Crippen molar-refractivity contribution in [1.82, 2.24) is 0 Å². The number of hydrogen-bond donors (Lipinski definition) is 0. The SMILES string of the molecule is C=C(OC(C)F)C(=CC)c1cccc(Cl)c1. The zero-order valence-corrected chi connectivity index (χ0v) is 10.1. The molecule has 86 valence electrons. The fraction of sp³-hybridized carbons (Fsp3) is 0.231. The summed E-state index contributed by atoms with van der Waals surface area (Å²) in [5.74, 6) is 0.305. The van der Waals surface area contributed by atoms with Gasteiger partial charge in [-0.3, -0.25) is 0 Å². The fourth-order valence-corrected chi connectivity index (χ4v) is 1.59. The van der Waals surface area contributed by atoms with Gasteiger partial charge in [-0.05, 0) is 24.6 Å². The van der Waals surface area contributed by atoms with E-state index < -0.39 is 6.36 Å². The van der Waals surface area contributed by atoms with Crippen LogP contribution in [0.15, 0.2) is 42.7 Å². The van der Waals surface area contributed by atoms with Crippen LogP contribution < -0.4 is 0 Å². The van der Waals surface area contributed by atoms with E-state index in [1.165, 1.54) is 6.92 Å². The largest absolute Gasteiger partial charge is 0.461 e. The Morgan fingerprint density at radius 1 is 1.56 bits per heavy atom. The van der Waals surface area contributed by atoms with E-state index in [-0.39, 0.29) is 0 Å². The number of rotatable bonds is 4. The van der Waals surface area contributed by atoms with Crippen LogP contribution in [-0.4, -0.2) is 6.36 Å². The highest BCUT2D eigenvalue weighted by molar-refractivity contribution is 6.30. The molecule has 0 aromatic heterocycles. The molecule has 0 saturated carbocycles. The summed E-state index contributed by atoms with van der Waals surface area (Å²) >= 11 is 5.88. The summed E-state index contributed by atoms with van der Waals surface area (Å²) in [6.07, 6.45) is 0.442. The Hall–Kier alpha value is -1.28. The van der Waals surface area contributed by atoms with Gasteiger partial charge in [-0.15, -0.1) is 0 Å². The van der Waals surface area contributed by atoms with Crippen molar-refractivity contribution < 1.29 is 9.13 Å². The van der Waals surface area contributed by atoms with Crippen molar-refractivity contribution in [3.63, 3.8) is 0 Å². The van der Waals surface area contributed by atoms with E-state index in [9.17, 15) is 4.39 Å². The summed E-state index contributed by atoms with van der Waals surface area (Å²) in [5, 5.41) is 0.623. The molecular formula is C13H14ClFO. The number of ether oxygens (including phenoxy) is 1. The maximum atomic E-state index is 12.7. The molecule has 0 spiro atoms. The van der Waals surface area contributed by atoms with Gasteiger partial charge in [0.1, 0.15) is 5.76 Å². The summed E-state index contributed by atoms with van der Waals surface area (Å²) in [4.78, 5) is 0. The Labute approximate surface area is 100 Å². The summed E-state index contributed by atoms with van der Waals surface area (Å²) in [7, 11) is 0. The second-order valence-corrected chi connectivity index (χ2v) is 3.73. The first-order valence-electron chi connectivity index (χ1n) is 4.97. The van der Waals surface area contributed by atoms with E-state index in [1.54, 1.807) is 12.1 Å². The molecule has 0 saturated heterocycles. The zero-order chi connectivity index (χ0) is 12.1. The third-order valence-corrected chi connectivity index (χ3v) is 2.26. The quantitative estimate of drug-likeness (QED) is 0.553. The maximum absolute atomic E-state index is 12.7. The van der Waals surface area contributed by atoms with Crippen LogP contribution in [0.2, 0.25) is 5.02 Å². The summed E-state index contributed by atoms with van der Waals surface area (Å²) in [6.45, 7) is 6.86. The van der Waals surface area contributed by atoms with Gasteiger partial charge in [-0.2, -0.15) is 0 Å². The van der Waals surface area contributed by atoms with Crippen molar-refractivity contribution in [2.45, 2.75) is 20.2 Å². The second-order valence-electron chi connectivity index (χ2n) is 3.30. The third kappa shape index (κ3) is 3.38. The molecule has 0 radical (unpaired) electrons. The first-order valence-corrected chi connectivity index (χ1v) is 5.34. The summed E-state index contributed by atoms with van der Waals surface area (Å²) < 4.78 is 17.6. The Bertz CT molecular complexity index is 410. The van der Waals surface area contributed by atoms with E-state index >= 15 is 0 Å². The molecule has 1 rings (SSSR count). The Morgan fingerprint density at radius 3 is 2.75 bits per heavy atom. The highest BCUT2D eigenvalue weighted by Gasteiger charge is 2.09. The van der Waals surface area contributed by atoms with Gasteiger partial charge in [0.05, 0.1) is 0 Å². The lowest BCUT2D eigenvalue weighted by Gasteiger charge is -2.13. The van der Waals surface area contributed by atoms with Crippen molar-refractivity contribution in [3.8, 4) is 0 Å². The molecule has 1 nitrogen and oxygen atoms in total. The molecule has 3 heteroatoms. The molecule has 1 aromatic rings. The molecule has 0 amide bonds. The lowest BCUT2D eigenvalue weighted by molar-refractivity contribution is 0.0309. The van der Waals surface area contributed by atoms with Gasteiger partial charge in [0.15, 0.2) is 0 Å². The van der Waals surface area contributed by atoms with E-state index in [2.05, 4.69) is 6.58 Å². The summed E-state index contributed by atoms with van der Waals surface area (Å²) in [6, 6.07) is 7.26. The topological polar surface area (TPSA) is 9.23 Å². The molecule has 0 heterocycles. The molecule has 0 aliphatic heterocycles. The smallest absolute Gasteiger partial charge is 0.235 e. The highest BCUT2D eigenvalue weighted by Crippen LogP contribution is 2.25. The molecule has 0 N–H and O–H groups in total. The minimum Gasteiger partial charge on any atom is -0.461 e. The van der Waals surface area contributed by atoms with Crippen molar-refractivity contribution in [2.75, 3.05) is 0 Å². The van der Waals surface area contributed by atoms with Gasteiger partial charge in [0.25, 0.3) is 0 Å². The average Bonchev–Trinajstić information content (AvgIpc) is 2.17. The second kappa shape index (κ2) is 5.71. The van der Waals surface area contributed by atoms with Crippen LogP contribution in [0.1, 0.15) is 19.4 Å². The van der Waals surface area contributed by atoms with Crippen molar-refractivity contribution in [1.29, 1.82) is 0 Å². The Kier molecular flexibility index (Phi) is 4.56. The van der Waals surface area contributed by atoms with Crippen LogP contribution in [0.5, 0.6) is 0 Å². The van der Waals surface area contributed by atoms with Gasteiger partial charge in [0, 0.05) is 17.5 Å². The first kappa shape index (κ1) is 12.8. The average molecular weight is 241 g/mol. The molecule has 1 aromatic carbocycles. The number of hydrogen-bond acceptors (Lipinski definition) is 1. The monoisotopic (exact) mass is 240 g/mol. The fourth-order valence-electron chi connectivity index (χ4n) is 1.40. The predicted octanol–water partition coefficient (Wildman–Crippen LogP) is 4.59. The third-order valence-electron chi connectivity index (χ3n) is 2.03. The van der Waals surface area contributed by atoms with Gasteiger partial charge < -0.3 is 4.74 Å². The normalized spacial score (nSPS) is 13.4. The van der Waals surface area contributed by atoms with Crippen LogP contribution in [0, 0.1) is 0 Å². The van der Waals surface area contributed by atoms with Crippen molar-refractivity contribution >= 4 is 17.2 Å². The maximum Gasteiger partial charge on any atom is 0.235 e. The minimum atomic E-state index is -1.37. The van der Waals surface area contributed by atoms with Crippen LogP contribution in [-0.2, 0) is 4.74 Å². The zero-order valence-electron chi connectivity index (χ0n) is 9.34. The molecular weight excluding hydrogens is 227 g/mol. The van der Waals surface area contributed by atoms with Gasteiger partial charge >= 0.3 is 0 Å². The van der Waals surface area contributed by atoms with Gasteiger partial charge in [0.2, 0.25) is 6.36 Å². The summed E-state index contributed by atoms with van der Waals surface area (Å²) in [5.41, 5.74) is 1.60. The van der Waals surface area contributed by atoms with Crippen molar-refractivity contribution in [3.05, 3.63) is 53.3 Å². The number of halogens is 2. The molecule has 0 fully saturated rings. The molecule has 1 atom stereocenters. The predicted molar refractivity (Wildman–Crippen MR) is 65.9 cm³/mol. The van der Waals surface area contributed by atoms with Crippen molar-refractivity contribution in [2.24, 2.45) is 0 Å². The lowest BCUT2D eigenvalue weighted by atomic mass is 10.0. The lowest BCUT2D eigenvalue weighted by Crippen LogP contribution is -2.01. The molecule has 0 aliphatic carbocycles. The van der Waals surface area contributed by atoms with Gasteiger partial charge in [-0.1, -0.05) is 36.4 Å². The highest BCUT2D eigenvalue weighted by atomic mass is 35.5. The van der Waals surface area contributed by atoms with Gasteiger partial charge in [-0.25, -0.2) is 4.39 Å².